The second kappa shape index (κ2) is 3.30. The summed E-state index contributed by atoms with van der Waals surface area (Å²) in [6.45, 7) is 2.04. The highest BCUT2D eigenvalue weighted by Crippen LogP contribution is 2.37. The summed E-state index contributed by atoms with van der Waals surface area (Å²) in [7, 11) is 0. The Morgan fingerprint density at radius 1 is 1.25 bits per heavy atom. The predicted octanol–water partition coefficient (Wildman–Crippen LogP) is 3.17. The van der Waals surface area contributed by atoms with Gasteiger partial charge in [0.25, 0.3) is 0 Å². The summed E-state index contributed by atoms with van der Waals surface area (Å²) in [5.41, 5.74) is 1.87. The largest absolute Gasteiger partial charge is 0.367 e. The van der Waals surface area contributed by atoms with Crippen molar-refractivity contribution >= 4 is 0 Å². The molecular formula is C13H13F2N. The monoisotopic (exact) mass is 221 g/mol. The Hall–Kier alpha value is -1.38. The van der Waals surface area contributed by atoms with Gasteiger partial charge in [-0.3, -0.25) is 0 Å². The lowest BCUT2D eigenvalue weighted by molar-refractivity contribution is 0.215. The molecule has 0 aromatic heterocycles. The van der Waals surface area contributed by atoms with Crippen molar-refractivity contribution in [1.82, 2.24) is 4.90 Å². The molecule has 3 rings (SSSR count). The topological polar surface area (TPSA) is 3.24 Å². The van der Waals surface area contributed by atoms with Gasteiger partial charge < -0.3 is 4.90 Å². The van der Waals surface area contributed by atoms with Crippen LogP contribution in [0.1, 0.15) is 30.5 Å². The fourth-order valence-corrected chi connectivity index (χ4v) is 2.80. The van der Waals surface area contributed by atoms with Gasteiger partial charge in [0.05, 0.1) is 6.04 Å². The number of hydrogen-bond donors (Lipinski definition) is 0. The average molecular weight is 221 g/mol. The van der Waals surface area contributed by atoms with Crippen LogP contribution in [-0.2, 0) is 6.42 Å². The molecule has 2 heterocycles. The number of halogens is 2. The summed E-state index contributed by atoms with van der Waals surface area (Å²) < 4.78 is 26.4. The fourth-order valence-electron chi connectivity index (χ4n) is 2.80. The van der Waals surface area contributed by atoms with Crippen LogP contribution < -0.4 is 0 Å². The van der Waals surface area contributed by atoms with Crippen LogP contribution >= 0.6 is 0 Å². The smallest absolute Gasteiger partial charge is 0.159 e. The van der Waals surface area contributed by atoms with Crippen molar-refractivity contribution in [2.24, 2.45) is 0 Å². The van der Waals surface area contributed by atoms with Gasteiger partial charge in [-0.2, -0.15) is 0 Å². The number of benzene rings is 1. The summed E-state index contributed by atoms with van der Waals surface area (Å²) in [5.74, 6) is -1.47. The fraction of sp³-hybridized carbons (Fsp3) is 0.385. The molecule has 0 saturated heterocycles. The molecule has 0 bridgehead atoms. The first-order chi connectivity index (χ1) is 7.66. The molecule has 1 aromatic carbocycles. The van der Waals surface area contributed by atoms with E-state index >= 15 is 0 Å². The van der Waals surface area contributed by atoms with Gasteiger partial charge in [-0.25, -0.2) is 8.78 Å². The zero-order valence-electron chi connectivity index (χ0n) is 9.08. The first-order valence-corrected chi connectivity index (χ1v) is 5.58. The highest BCUT2D eigenvalue weighted by atomic mass is 19.2. The van der Waals surface area contributed by atoms with E-state index in [0.29, 0.717) is 6.04 Å². The van der Waals surface area contributed by atoms with E-state index in [0.717, 1.165) is 24.0 Å². The van der Waals surface area contributed by atoms with E-state index in [9.17, 15) is 8.78 Å². The summed E-state index contributed by atoms with van der Waals surface area (Å²) in [6.07, 6.45) is 6.01. The minimum Gasteiger partial charge on any atom is -0.367 e. The molecule has 0 amide bonds. The van der Waals surface area contributed by atoms with Crippen LogP contribution in [0.3, 0.4) is 0 Å². The van der Waals surface area contributed by atoms with Gasteiger partial charge in [-0.15, -0.1) is 0 Å². The van der Waals surface area contributed by atoms with E-state index < -0.39 is 11.6 Å². The van der Waals surface area contributed by atoms with Crippen molar-refractivity contribution < 1.29 is 8.78 Å². The van der Waals surface area contributed by atoms with Crippen LogP contribution in [0.4, 0.5) is 8.78 Å². The minimum absolute atomic E-state index is 0.141. The Kier molecular flexibility index (Phi) is 2.03. The SMILES string of the molecule is CC1c2cc(F)c(F)cc2CC2CC=CN21. The molecule has 2 atom stereocenters. The molecule has 1 aromatic rings. The van der Waals surface area contributed by atoms with Gasteiger partial charge in [0.15, 0.2) is 11.6 Å². The van der Waals surface area contributed by atoms with Gasteiger partial charge in [-0.05, 0) is 49.2 Å². The molecule has 3 heteroatoms. The molecule has 2 unspecified atom stereocenters. The van der Waals surface area contributed by atoms with Gasteiger partial charge in [0.2, 0.25) is 0 Å². The highest BCUT2D eigenvalue weighted by Gasteiger charge is 2.32. The highest BCUT2D eigenvalue weighted by molar-refractivity contribution is 5.36. The maximum atomic E-state index is 13.2. The van der Waals surface area contributed by atoms with Gasteiger partial charge >= 0.3 is 0 Å². The zero-order valence-corrected chi connectivity index (χ0v) is 9.08. The summed E-state index contributed by atoms with van der Waals surface area (Å²) in [4.78, 5) is 2.24. The Morgan fingerprint density at radius 2 is 2.00 bits per heavy atom. The second-order valence-corrected chi connectivity index (χ2v) is 4.57. The molecule has 0 fully saturated rings. The summed E-state index contributed by atoms with van der Waals surface area (Å²) in [6, 6.07) is 3.27. The number of nitrogens with zero attached hydrogens (tertiary/aromatic N) is 1. The van der Waals surface area contributed by atoms with Crippen molar-refractivity contribution in [2.45, 2.75) is 31.8 Å². The van der Waals surface area contributed by atoms with Gasteiger partial charge in [-0.1, -0.05) is 6.08 Å². The van der Waals surface area contributed by atoms with Crippen molar-refractivity contribution in [3.63, 3.8) is 0 Å². The maximum Gasteiger partial charge on any atom is 0.159 e. The normalized spacial score (nSPS) is 26.8. The molecule has 1 nitrogen and oxygen atoms in total. The summed E-state index contributed by atoms with van der Waals surface area (Å²) in [5, 5.41) is 0. The van der Waals surface area contributed by atoms with Crippen molar-refractivity contribution in [2.75, 3.05) is 0 Å². The molecule has 2 aliphatic rings. The third kappa shape index (κ3) is 1.27. The van der Waals surface area contributed by atoms with Crippen LogP contribution in [0.15, 0.2) is 24.4 Å². The number of fused-ring (bicyclic) bond motifs is 2. The number of hydrogen-bond acceptors (Lipinski definition) is 1. The lowest BCUT2D eigenvalue weighted by atomic mass is 9.89. The molecule has 0 spiro atoms. The van der Waals surface area contributed by atoms with Crippen molar-refractivity contribution in [3.8, 4) is 0 Å². The zero-order chi connectivity index (χ0) is 11.3. The molecule has 0 N–H and O–H groups in total. The van der Waals surface area contributed by atoms with Crippen LogP contribution in [0.2, 0.25) is 0 Å². The van der Waals surface area contributed by atoms with Gasteiger partial charge in [0.1, 0.15) is 0 Å². The van der Waals surface area contributed by atoms with Crippen LogP contribution in [0, 0.1) is 11.6 Å². The van der Waals surface area contributed by atoms with Crippen LogP contribution in [0.25, 0.3) is 0 Å². The van der Waals surface area contributed by atoms with E-state index in [-0.39, 0.29) is 6.04 Å². The third-order valence-electron chi connectivity index (χ3n) is 3.64. The van der Waals surface area contributed by atoms with E-state index in [4.69, 9.17) is 0 Å². The Bertz CT molecular complexity index is 467. The molecule has 0 radical (unpaired) electrons. The van der Waals surface area contributed by atoms with Gasteiger partial charge in [0, 0.05) is 6.04 Å². The van der Waals surface area contributed by atoms with Crippen LogP contribution in [0.5, 0.6) is 0 Å². The van der Waals surface area contributed by atoms with E-state index in [1.807, 2.05) is 6.92 Å². The van der Waals surface area contributed by atoms with Crippen molar-refractivity contribution in [1.29, 1.82) is 0 Å². The molecule has 2 aliphatic heterocycles. The molecule has 0 saturated carbocycles. The predicted molar refractivity (Wildman–Crippen MR) is 57.9 cm³/mol. The Labute approximate surface area is 93.4 Å². The first kappa shape index (κ1) is 9.82. The van der Waals surface area contributed by atoms with Crippen LogP contribution in [-0.4, -0.2) is 10.9 Å². The van der Waals surface area contributed by atoms with Crippen molar-refractivity contribution in [3.05, 3.63) is 47.2 Å². The first-order valence-electron chi connectivity index (χ1n) is 5.58. The minimum atomic E-state index is -0.743. The van der Waals surface area contributed by atoms with E-state index in [1.54, 1.807) is 0 Å². The van der Waals surface area contributed by atoms with E-state index in [2.05, 4.69) is 17.2 Å². The number of rotatable bonds is 0. The Balaban J connectivity index is 2.09. The Morgan fingerprint density at radius 3 is 2.81 bits per heavy atom. The lowest BCUT2D eigenvalue weighted by Gasteiger charge is -2.38. The quantitative estimate of drug-likeness (QED) is 0.650. The third-order valence-corrected chi connectivity index (χ3v) is 3.64. The molecular weight excluding hydrogens is 208 g/mol. The maximum absolute atomic E-state index is 13.2. The summed E-state index contributed by atoms with van der Waals surface area (Å²) >= 11 is 0. The average Bonchev–Trinajstić information content (AvgIpc) is 2.70. The van der Waals surface area contributed by atoms with E-state index in [1.165, 1.54) is 12.1 Å². The standard InChI is InChI=1S/C13H13F2N/c1-8-11-7-13(15)12(14)6-9(11)5-10-3-2-4-16(8)10/h2,4,6-8,10H,3,5H2,1H3. The molecule has 16 heavy (non-hydrogen) atoms. The lowest BCUT2D eigenvalue weighted by Crippen LogP contribution is -2.36. The second-order valence-electron chi connectivity index (χ2n) is 4.57. The molecule has 84 valence electrons. The molecule has 0 aliphatic carbocycles.